The van der Waals surface area contributed by atoms with Gasteiger partial charge in [-0.15, -0.1) is 13.2 Å². The van der Waals surface area contributed by atoms with Gasteiger partial charge in [-0.2, -0.15) is 0 Å². The van der Waals surface area contributed by atoms with Crippen molar-refractivity contribution < 1.29 is 36.5 Å². The van der Waals surface area contributed by atoms with Gasteiger partial charge in [-0.3, -0.25) is 0 Å². The summed E-state index contributed by atoms with van der Waals surface area (Å²) in [4.78, 5) is 3.95. The van der Waals surface area contributed by atoms with Crippen molar-refractivity contribution in [3.05, 3.63) is 144 Å². The van der Waals surface area contributed by atoms with Gasteiger partial charge in [0.2, 0.25) is 10.0 Å². The van der Waals surface area contributed by atoms with Crippen LogP contribution in [0.15, 0.2) is 126 Å². The maximum atomic E-state index is 12.6. The Morgan fingerprint density at radius 3 is 1.37 bits per heavy atom. The van der Waals surface area contributed by atoms with E-state index in [-0.39, 0.29) is 24.5 Å². The van der Waals surface area contributed by atoms with E-state index >= 15 is 0 Å². The normalized spacial score (nSPS) is 14.9. The number of fused-ring (bicyclic) bond motifs is 4. The molecule has 13 heteroatoms. The van der Waals surface area contributed by atoms with Crippen LogP contribution in [0.5, 0.6) is 5.75 Å². The van der Waals surface area contributed by atoms with Crippen LogP contribution in [0.3, 0.4) is 0 Å². The number of aryl methyl sites for hydroxylation is 4. The molecule has 0 unspecified atom stereocenters. The first kappa shape index (κ1) is 38.8. The molecule has 5 aromatic rings. The lowest BCUT2D eigenvalue weighted by Gasteiger charge is -2.29. The van der Waals surface area contributed by atoms with Crippen LogP contribution in [0.2, 0.25) is 0 Å². The van der Waals surface area contributed by atoms with Gasteiger partial charge in [0.05, 0.1) is 30.2 Å². The molecule has 54 heavy (non-hydrogen) atoms. The van der Waals surface area contributed by atoms with Gasteiger partial charge >= 0.3 is 6.36 Å². The van der Waals surface area contributed by atoms with E-state index in [2.05, 4.69) is 62.9 Å². The predicted molar refractivity (Wildman–Crippen MR) is 204 cm³/mol. The third-order valence-corrected chi connectivity index (χ3v) is 10.8. The third-order valence-electron chi connectivity index (χ3n) is 9.39. The van der Waals surface area contributed by atoms with Crippen molar-refractivity contribution in [2.24, 2.45) is 5.73 Å². The molecule has 7 rings (SSSR count). The molecule has 0 aromatic heterocycles. The summed E-state index contributed by atoms with van der Waals surface area (Å²) in [7, 11) is -4.05. The van der Waals surface area contributed by atoms with Gasteiger partial charge in [0.25, 0.3) is 0 Å². The predicted octanol–water partition coefficient (Wildman–Crippen LogP) is 6.40. The number of ether oxygens (including phenoxy) is 1. The Kier molecular flexibility index (Phi) is 12.2. The average Bonchev–Trinajstić information content (AvgIpc) is 3.42. The Morgan fingerprint density at radius 1 is 0.630 bits per heavy atom. The second kappa shape index (κ2) is 17.0. The number of nitrogens with two attached hydrogens (primary N) is 1. The molecule has 0 saturated carbocycles. The fraction of sp³-hybridized carbons (Fsp3) is 0.268. The van der Waals surface area contributed by atoms with Crippen LogP contribution in [0.1, 0.15) is 22.3 Å². The highest BCUT2D eigenvalue weighted by Gasteiger charge is 2.31. The average molecular weight is 761 g/mol. The number of sulfonamides is 1. The van der Waals surface area contributed by atoms with Gasteiger partial charge in [0.1, 0.15) is 5.75 Å². The molecular weight excluding hydrogens is 718 g/mol. The van der Waals surface area contributed by atoms with E-state index < -0.39 is 34.3 Å². The second-order valence-electron chi connectivity index (χ2n) is 13.2. The highest BCUT2D eigenvalue weighted by Crippen LogP contribution is 2.37. The van der Waals surface area contributed by atoms with E-state index in [9.17, 15) is 31.8 Å². The number of anilines is 4. The fourth-order valence-electron chi connectivity index (χ4n) is 6.80. The molecule has 9 nitrogen and oxygen atoms in total. The maximum Gasteiger partial charge on any atom is 0.573 e. The van der Waals surface area contributed by atoms with Crippen LogP contribution < -0.4 is 25.0 Å². The first-order valence-corrected chi connectivity index (χ1v) is 19.2. The summed E-state index contributed by atoms with van der Waals surface area (Å²) >= 11 is 0. The molecule has 2 heterocycles. The molecule has 0 saturated heterocycles. The number of hydrogen-bond donors (Lipinski definition) is 4. The van der Waals surface area contributed by atoms with Crippen LogP contribution in [-0.2, 0) is 35.7 Å². The van der Waals surface area contributed by atoms with E-state index in [1.54, 1.807) is 0 Å². The molecule has 5 N–H and O–H groups in total. The van der Waals surface area contributed by atoms with Gasteiger partial charge < -0.3 is 30.5 Å². The van der Waals surface area contributed by atoms with Gasteiger partial charge in [0.15, 0.2) is 0 Å². The van der Waals surface area contributed by atoms with Gasteiger partial charge in [-0.25, -0.2) is 13.1 Å². The smallest absolute Gasteiger partial charge is 0.406 e. The van der Waals surface area contributed by atoms with Gasteiger partial charge in [-0.1, -0.05) is 72.8 Å². The number of aliphatic hydroxyl groups excluding tert-OH is 2. The molecule has 284 valence electrons. The van der Waals surface area contributed by atoms with Crippen LogP contribution in [-0.4, -0.2) is 63.4 Å². The summed E-state index contributed by atoms with van der Waals surface area (Å²) in [6.45, 7) is 0.685. The number of benzene rings is 5. The highest BCUT2D eigenvalue weighted by atomic mass is 32.2. The van der Waals surface area contributed by atoms with E-state index in [0.29, 0.717) is 6.54 Å². The minimum absolute atomic E-state index is 0.148. The molecule has 0 fully saturated rings. The monoisotopic (exact) mass is 760 g/mol. The highest BCUT2D eigenvalue weighted by molar-refractivity contribution is 7.89. The number of halogens is 3. The number of hydrogen-bond acceptors (Lipinski definition) is 8. The lowest BCUT2D eigenvalue weighted by atomic mass is 10.0. The first-order chi connectivity index (χ1) is 25.9. The number of nitrogens with zero attached hydrogens (tertiary/aromatic N) is 2. The summed E-state index contributed by atoms with van der Waals surface area (Å²) in [5.41, 5.74) is 14.8. The Labute approximate surface area is 313 Å². The van der Waals surface area contributed by atoms with Crippen LogP contribution in [0, 0.1) is 0 Å². The lowest BCUT2D eigenvalue weighted by molar-refractivity contribution is -0.274. The zero-order valence-corrected chi connectivity index (χ0v) is 30.3. The van der Waals surface area contributed by atoms with Crippen molar-refractivity contribution in [2.75, 3.05) is 36.0 Å². The Bertz CT molecular complexity index is 2040. The molecule has 0 aliphatic carbocycles. The quantitative estimate of drug-likeness (QED) is 0.129. The summed E-state index contributed by atoms with van der Waals surface area (Å²) < 4.78 is 68.2. The molecule has 5 aromatic carbocycles. The standard InChI is InChI=1S/C24H23F3N2O4S.C17H20N2O/c25-24(26,27)33-20-11-13-21(14-12-20)34(31,32)28-15-19(30)16-29-22-7-3-1-5-17(22)9-10-18-6-2-4-8-23(18)29;18-11-15(20)12-19-16-7-3-1-5-13(16)9-10-14-6-2-4-8-17(14)19/h1-8,11-14,19,28,30H,9-10,15-16H2;1-8,15,20H,9-12,18H2/t19-;15-/m00/s1. The topological polar surface area (TPSA) is 128 Å². The summed E-state index contributed by atoms with van der Waals surface area (Å²) in [6.07, 6.45) is -2.69. The number of rotatable bonds is 10. The maximum absolute atomic E-state index is 12.6. The zero-order chi connectivity index (χ0) is 38.3. The molecule has 0 bridgehead atoms. The number of alkyl halides is 3. The minimum atomic E-state index is -4.87. The van der Waals surface area contributed by atoms with Crippen LogP contribution in [0.25, 0.3) is 0 Å². The van der Waals surface area contributed by atoms with Crippen LogP contribution in [0.4, 0.5) is 35.9 Å². The lowest BCUT2D eigenvalue weighted by Crippen LogP contribution is -2.39. The molecule has 2 atom stereocenters. The molecule has 0 radical (unpaired) electrons. The van der Waals surface area contributed by atoms with E-state index in [1.807, 2.05) is 53.4 Å². The summed E-state index contributed by atoms with van der Waals surface area (Å²) in [5, 5.41) is 20.7. The van der Waals surface area contributed by atoms with E-state index in [0.717, 1.165) is 72.5 Å². The SMILES string of the molecule is NC[C@H](O)CN1c2ccccc2CCc2ccccc21.O=S(=O)(NC[C@H](O)CN1c2ccccc2CCc2ccccc21)c1ccc(OC(F)(F)F)cc1. The molecule has 2 aliphatic heterocycles. The minimum Gasteiger partial charge on any atom is -0.406 e. The van der Waals surface area contributed by atoms with E-state index in [4.69, 9.17) is 5.73 Å². The Balaban J connectivity index is 0.000000210. The molecule has 0 spiro atoms. The van der Waals surface area contributed by atoms with Crippen molar-refractivity contribution in [1.29, 1.82) is 0 Å². The number of aliphatic hydroxyl groups is 2. The first-order valence-electron chi connectivity index (χ1n) is 17.7. The van der Waals surface area contributed by atoms with Crippen molar-refractivity contribution in [3.8, 4) is 5.75 Å². The summed E-state index contributed by atoms with van der Waals surface area (Å²) in [5.74, 6) is -0.523. The zero-order valence-electron chi connectivity index (χ0n) is 29.5. The molecule has 0 amide bonds. The Morgan fingerprint density at radius 2 is 1.00 bits per heavy atom. The molecule has 2 aliphatic rings. The fourth-order valence-corrected chi connectivity index (χ4v) is 7.88. The van der Waals surface area contributed by atoms with Crippen molar-refractivity contribution in [2.45, 2.75) is 49.1 Å². The van der Waals surface area contributed by atoms with E-state index in [1.165, 1.54) is 22.5 Å². The number of nitrogens with one attached hydrogen (secondary N) is 1. The second-order valence-corrected chi connectivity index (χ2v) is 14.9. The molecular formula is C41H43F3N4O5S. The van der Waals surface area contributed by atoms with Gasteiger partial charge in [0, 0.05) is 35.8 Å². The Hall–Kier alpha value is -4.92. The third kappa shape index (κ3) is 9.59. The largest absolute Gasteiger partial charge is 0.573 e. The summed E-state index contributed by atoms with van der Waals surface area (Å²) in [6, 6.07) is 36.5. The van der Waals surface area contributed by atoms with Crippen molar-refractivity contribution in [3.63, 3.8) is 0 Å². The van der Waals surface area contributed by atoms with Crippen LogP contribution >= 0.6 is 0 Å². The van der Waals surface area contributed by atoms with Crippen molar-refractivity contribution >= 4 is 32.8 Å². The van der Waals surface area contributed by atoms with Crippen molar-refractivity contribution in [1.82, 2.24) is 4.72 Å². The number of β-amino-alcohol motifs (C(OH)–C–C–N with tert-alkyl or cyclic N) is 2. The van der Waals surface area contributed by atoms with Gasteiger partial charge in [-0.05, 0) is 96.5 Å². The number of para-hydroxylation sites is 4.